The van der Waals surface area contributed by atoms with Crippen LogP contribution in [0.3, 0.4) is 0 Å². The number of hydrogen-bond acceptors (Lipinski definition) is 4. The molecule has 10 heteroatoms. The molecule has 0 saturated carbocycles. The van der Waals surface area contributed by atoms with Crippen molar-refractivity contribution in [3.05, 3.63) is 94.8 Å². The average Bonchev–Trinajstić information content (AvgIpc) is 2.88. The van der Waals surface area contributed by atoms with Crippen LogP contribution in [0.15, 0.2) is 77.7 Å². The molecule has 3 aromatic rings. The Kier molecular flexibility index (Phi) is 9.88. The SMILES string of the molecule is CCNC(=O)[C@H](CC)N(Cc1ccc(F)cc1)C(=O)CN(c1cccc(C)c1)S(=O)(=O)c1ccc(Cl)cc1. The second-order valence-electron chi connectivity index (χ2n) is 8.77. The Morgan fingerprint density at radius 3 is 2.24 bits per heavy atom. The second kappa shape index (κ2) is 12.9. The molecule has 0 radical (unpaired) electrons. The first-order chi connectivity index (χ1) is 18.1. The number of benzene rings is 3. The minimum absolute atomic E-state index is 0.00258. The lowest BCUT2D eigenvalue weighted by Gasteiger charge is -2.33. The molecule has 38 heavy (non-hydrogen) atoms. The van der Waals surface area contributed by atoms with Gasteiger partial charge < -0.3 is 10.2 Å². The van der Waals surface area contributed by atoms with Crippen LogP contribution in [-0.2, 0) is 26.2 Å². The van der Waals surface area contributed by atoms with Crippen molar-refractivity contribution in [3.63, 3.8) is 0 Å². The number of sulfonamides is 1. The Morgan fingerprint density at radius 2 is 1.66 bits per heavy atom. The maximum atomic E-state index is 13.9. The number of carbonyl (C=O) groups is 2. The maximum absolute atomic E-state index is 13.9. The van der Waals surface area contributed by atoms with Gasteiger partial charge in [0.25, 0.3) is 10.0 Å². The average molecular weight is 560 g/mol. The van der Waals surface area contributed by atoms with Crippen LogP contribution in [0.4, 0.5) is 10.1 Å². The third kappa shape index (κ3) is 7.11. The van der Waals surface area contributed by atoms with Gasteiger partial charge in [-0.3, -0.25) is 13.9 Å². The molecule has 0 heterocycles. The molecule has 0 fully saturated rings. The molecule has 7 nitrogen and oxygen atoms in total. The molecule has 0 aromatic heterocycles. The molecule has 0 aliphatic rings. The quantitative estimate of drug-likeness (QED) is 0.361. The van der Waals surface area contributed by atoms with Crippen molar-refractivity contribution in [3.8, 4) is 0 Å². The van der Waals surface area contributed by atoms with Crippen LogP contribution in [0.2, 0.25) is 5.02 Å². The Morgan fingerprint density at radius 1 is 1.00 bits per heavy atom. The first-order valence-electron chi connectivity index (χ1n) is 12.2. The zero-order valence-electron chi connectivity index (χ0n) is 21.5. The van der Waals surface area contributed by atoms with E-state index in [1.165, 1.54) is 53.4 Å². The number of nitrogens with one attached hydrogen (secondary N) is 1. The molecule has 2 amide bonds. The second-order valence-corrected chi connectivity index (χ2v) is 11.1. The minimum atomic E-state index is -4.18. The molecule has 3 aromatic carbocycles. The van der Waals surface area contributed by atoms with Gasteiger partial charge in [0.05, 0.1) is 10.6 Å². The van der Waals surface area contributed by atoms with Gasteiger partial charge in [-0.2, -0.15) is 0 Å². The number of carbonyl (C=O) groups excluding carboxylic acids is 2. The minimum Gasteiger partial charge on any atom is -0.355 e. The Labute approximate surface area is 228 Å². The fraction of sp³-hybridized carbons (Fsp3) is 0.286. The van der Waals surface area contributed by atoms with E-state index >= 15 is 0 Å². The van der Waals surface area contributed by atoms with E-state index in [2.05, 4.69) is 5.32 Å². The van der Waals surface area contributed by atoms with Gasteiger partial charge in [0, 0.05) is 18.1 Å². The first-order valence-corrected chi connectivity index (χ1v) is 14.0. The summed E-state index contributed by atoms with van der Waals surface area (Å²) in [5.41, 5.74) is 1.72. The molecule has 0 spiro atoms. The van der Waals surface area contributed by atoms with Crippen molar-refractivity contribution >= 4 is 39.1 Å². The molecule has 1 atom stereocenters. The van der Waals surface area contributed by atoms with E-state index in [0.29, 0.717) is 29.2 Å². The molecule has 0 aliphatic carbocycles. The molecule has 0 unspecified atom stereocenters. The molecule has 0 aliphatic heterocycles. The molecule has 202 valence electrons. The number of halogens is 2. The fourth-order valence-corrected chi connectivity index (χ4v) is 5.58. The largest absolute Gasteiger partial charge is 0.355 e. The number of likely N-dealkylation sites (N-methyl/N-ethyl adjacent to an activating group) is 1. The predicted octanol–water partition coefficient (Wildman–Crippen LogP) is 4.93. The lowest BCUT2D eigenvalue weighted by atomic mass is 10.1. The predicted molar refractivity (Wildman–Crippen MR) is 147 cm³/mol. The number of nitrogens with zero attached hydrogens (tertiary/aromatic N) is 2. The highest BCUT2D eigenvalue weighted by Gasteiger charge is 2.33. The van der Waals surface area contributed by atoms with Crippen molar-refractivity contribution in [1.82, 2.24) is 10.2 Å². The van der Waals surface area contributed by atoms with Crippen LogP contribution in [0.5, 0.6) is 0 Å². The van der Waals surface area contributed by atoms with Gasteiger partial charge in [0.2, 0.25) is 11.8 Å². The van der Waals surface area contributed by atoms with Gasteiger partial charge in [-0.15, -0.1) is 0 Å². The molecule has 1 N–H and O–H groups in total. The van der Waals surface area contributed by atoms with E-state index in [1.54, 1.807) is 32.0 Å². The maximum Gasteiger partial charge on any atom is 0.264 e. The van der Waals surface area contributed by atoms with Crippen LogP contribution >= 0.6 is 11.6 Å². The summed E-state index contributed by atoms with van der Waals surface area (Å²) in [6, 6.07) is 17.3. The highest BCUT2D eigenvalue weighted by molar-refractivity contribution is 7.92. The standard InChI is InChI=1S/C28H31ClFN3O4S/c1-4-26(28(35)31-5-2)32(18-21-9-13-23(30)14-10-21)27(34)19-33(24-8-6-7-20(3)17-24)38(36,37)25-15-11-22(29)12-16-25/h6-17,26H,4-5,18-19H2,1-3H3,(H,31,35)/t26-/m0/s1. The summed E-state index contributed by atoms with van der Waals surface area (Å²) >= 11 is 5.97. The number of amides is 2. The van der Waals surface area contributed by atoms with Crippen LogP contribution in [0.25, 0.3) is 0 Å². The van der Waals surface area contributed by atoms with Gasteiger partial charge in [-0.05, 0) is 79.9 Å². The van der Waals surface area contributed by atoms with E-state index < -0.39 is 34.3 Å². The summed E-state index contributed by atoms with van der Waals surface area (Å²) in [5, 5.41) is 3.12. The topological polar surface area (TPSA) is 86.8 Å². The monoisotopic (exact) mass is 559 g/mol. The lowest BCUT2D eigenvalue weighted by molar-refractivity contribution is -0.140. The molecule has 3 rings (SSSR count). The zero-order chi connectivity index (χ0) is 27.9. The summed E-state index contributed by atoms with van der Waals surface area (Å²) in [5.74, 6) is -1.36. The molecule has 0 bridgehead atoms. The normalized spacial score (nSPS) is 12.0. The van der Waals surface area contributed by atoms with Crippen molar-refractivity contribution in [2.24, 2.45) is 0 Å². The summed E-state index contributed by atoms with van der Waals surface area (Å²) in [7, 11) is -4.18. The van der Waals surface area contributed by atoms with Gasteiger partial charge in [-0.1, -0.05) is 42.8 Å². The van der Waals surface area contributed by atoms with Crippen molar-refractivity contribution in [2.75, 3.05) is 17.4 Å². The van der Waals surface area contributed by atoms with E-state index in [4.69, 9.17) is 11.6 Å². The van der Waals surface area contributed by atoms with E-state index in [1.807, 2.05) is 13.0 Å². The zero-order valence-corrected chi connectivity index (χ0v) is 23.1. The van der Waals surface area contributed by atoms with E-state index in [0.717, 1.165) is 9.87 Å². The Hall–Kier alpha value is -3.43. The van der Waals surface area contributed by atoms with E-state index in [9.17, 15) is 22.4 Å². The highest BCUT2D eigenvalue weighted by Crippen LogP contribution is 2.26. The van der Waals surface area contributed by atoms with Crippen molar-refractivity contribution < 1.29 is 22.4 Å². The van der Waals surface area contributed by atoms with Gasteiger partial charge in [0.1, 0.15) is 18.4 Å². The highest BCUT2D eigenvalue weighted by atomic mass is 35.5. The van der Waals surface area contributed by atoms with Gasteiger partial charge in [-0.25, -0.2) is 12.8 Å². The number of hydrogen-bond donors (Lipinski definition) is 1. The third-order valence-electron chi connectivity index (χ3n) is 5.97. The van der Waals surface area contributed by atoms with Gasteiger partial charge in [0.15, 0.2) is 0 Å². The van der Waals surface area contributed by atoms with Crippen LogP contribution in [0, 0.1) is 12.7 Å². The Bertz CT molecular complexity index is 1370. The summed E-state index contributed by atoms with van der Waals surface area (Å²) in [6.45, 7) is 5.18. The van der Waals surface area contributed by atoms with Gasteiger partial charge >= 0.3 is 0 Å². The van der Waals surface area contributed by atoms with Crippen molar-refractivity contribution in [2.45, 2.75) is 44.7 Å². The molecular formula is C28H31ClFN3O4S. The first kappa shape index (κ1) is 29.1. The van der Waals surface area contributed by atoms with Crippen LogP contribution in [0.1, 0.15) is 31.4 Å². The molecule has 0 saturated heterocycles. The fourth-order valence-electron chi connectivity index (χ4n) is 4.04. The van der Waals surface area contributed by atoms with Crippen molar-refractivity contribution in [1.29, 1.82) is 0 Å². The van der Waals surface area contributed by atoms with Crippen LogP contribution < -0.4 is 9.62 Å². The summed E-state index contributed by atoms with van der Waals surface area (Å²) < 4.78 is 42.1. The van der Waals surface area contributed by atoms with Crippen LogP contribution in [-0.4, -0.2) is 44.3 Å². The van der Waals surface area contributed by atoms with E-state index in [-0.39, 0.29) is 17.3 Å². The summed E-state index contributed by atoms with van der Waals surface area (Å²) in [4.78, 5) is 28.1. The lowest BCUT2D eigenvalue weighted by Crippen LogP contribution is -2.52. The summed E-state index contributed by atoms with van der Waals surface area (Å²) in [6.07, 6.45) is 0.299. The molecular weight excluding hydrogens is 529 g/mol. The Balaban J connectivity index is 2.05. The number of aryl methyl sites for hydroxylation is 1. The smallest absolute Gasteiger partial charge is 0.264 e. The number of anilines is 1. The number of rotatable bonds is 11. The third-order valence-corrected chi connectivity index (χ3v) is 8.01.